The molecule has 1 aliphatic heterocycles. The van der Waals surface area contributed by atoms with Crippen LogP contribution in [0, 0.1) is 6.92 Å². The van der Waals surface area contributed by atoms with Crippen molar-refractivity contribution in [2.75, 3.05) is 31.1 Å². The van der Waals surface area contributed by atoms with Gasteiger partial charge in [0.2, 0.25) is 0 Å². The summed E-state index contributed by atoms with van der Waals surface area (Å²) in [7, 11) is 0. The maximum absolute atomic E-state index is 12.7. The smallest absolute Gasteiger partial charge is 0.324 e. The number of hydrogen-bond donors (Lipinski definition) is 1. The second kappa shape index (κ2) is 7.29. The van der Waals surface area contributed by atoms with E-state index >= 15 is 0 Å². The minimum Gasteiger partial charge on any atom is -0.330 e. The molecule has 2 amide bonds. The molecule has 1 aliphatic rings. The van der Waals surface area contributed by atoms with Gasteiger partial charge in [-0.3, -0.25) is 4.90 Å². The molecule has 0 radical (unpaired) electrons. The number of anilines is 1. The maximum Gasteiger partial charge on any atom is 0.324 e. The summed E-state index contributed by atoms with van der Waals surface area (Å²) in [4.78, 5) is 16.6. The van der Waals surface area contributed by atoms with Crippen LogP contribution in [-0.4, -0.2) is 37.1 Å². The molecule has 0 aromatic heterocycles. The summed E-state index contributed by atoms with van der Waals surface area (Å²) in [5.41, 5.74) is 7.77. The fraction of sp³-hybridized carbons (Fsp3) is 0.562. The van der Waals surface area contributed by atoms with Gasteiger partial charge in [0, 0.05) is 25.3 Å². The van der Waals surface area contributed by atoms with Crippen LogP contribution in [0.15, 0.2) is 24.3 Å². The first kappa shape index (κ1) is 14.9. The van der Waals surface area contributed by atoms with Crippen molar-refractivity contribution in [3.63, 3.8) is 0 Å². The van der Waals surface area contributed by atoms with E-state index in [1.54, 1.807) is 0 Å². The molecule has 0 atom stereocenters. The molecule has 0 saturated carbocycles. The fourth-order valence-corrected chi connectivity index (χ4v) is 2.64. The summed E-state index contributed by atoms with van der Waals surface area (Å²) < 4.78 is 0. The molecule has 2 N–H and O–H groups in total. The molecule has 20 heavy (non-hydrogen) atoms. The van der Waals surface area contributed by atoms with E-state index in [0.717, 1.165) is 38.0 Å². The summed E-state index contributed by atoms with van der Waals surface area (Å²) in [6.45, 7) is 5.11. The van der Waals surface area contributed by atoms with Crippen molar-refractivity contribution < 1.29 is 4.79 Å². The van der Waals surface area contributed by atoms with Crippen molar-refractivity contribution in [1.82, 2.24) is 4.90 Å². The van der Waals surface area contributed by atoms with Crippen molar-refractivity contribution in [1.29, 1.82) is 0 Å². The Bertz CT molecular complexity index is 441. The molecule has 2 rings (SSSR count). The molecule has 1 aromatic rings. The van der Waals surface area contributed by atoms with Crippen molar-refractivity contribution in [2.45, 2.75) is 32.6 Å². The topological polar surface area (TPSA) is 49.6 Å². The van der Waals surface area contributed by atoms with Gasteiger partial charge in [-0.1, -0.05) is 12.1 Å². The van der Waals surface area contributed by atoms with Crippen LogP contribution in [0.1, 0.15) is 31.2 Å². The van der Waals surface area contributed by atoms with Crippen LogP contribution in [-0.2, 0) is 0 Å². The fourth-order valence-electron chi connectivity index (χ4n) is 2.64. The number of hydrogen-bond acceptors (Lipinski definition) is 2. The molecule has 0 spiro atoms. The number of urea groups is 1. The first-order valence-corrected chi connectivity index (χ1v) is 7.55. The Labute approximate surface area is 121 Å². The molecule has 110 valence electrons. The monoisotopic (exact) mass is 275 g/mol. The lowest BCUT2D eigenvalue weighted by Crippen LogP contribution is -2.46. The van der Waals surface area contributed by atoms with Gasteiger partial charge < -0.3 is 10.6 Å². The van der Waals surface area contributed by atoms with E-state index in [9.17, 15) is 4.79 Å². The Morgan fingerprint density at radius 1 is 1.30 bits per heavy atom. The molecule has 1 aromatic carbocycles. The first-order chi connectivity index (χ1) is 9.72. The summed E-state index contributed by atoms with van der Waals surface area (Å²) in [6, 6.07) is 8.26. The average molecular weight is 275 g/mol. The summed E-state index contributed by atoms with van der Waals surface area (Å²) in [5.74, 6) is 0. The van der Waals surface area contributed by atoms with E-state index in [-0.39, 0.29) is 6.03 Å². The van der Waals surface area contributed by atoms with E-state index in [1.807, 2.05) is 21.9 Å². The summed E-state index contributed by atoms with van der Waals surface area (Å²) in [6.07, 6.45) is 4.29. The van der Waals surface area contributed by atoms with Gasteiger partial charge in [-0.15, -0.1) is 0 Å². The van der Waals surface area contributed by atoms with Gasteiger partial charge in [-0.25, -0.2) is 4.79 Å². The van der Waals surface area contributed by atoms with Crippen LogP contribution < -0.4 is 10.6 Å². The Hall–Kier alpha value is -1.55. The lowest BCUT2D eigenvalue weighted by atomic mass is 10.1. The Kier molecular flexibility index (Phi) is 5.41. The van der Waals surface area contributed by atoms with Gasteiger partial charge in [-0.05, 0) is 56.8 Å². The van der Waals surface area contributed by atoms with Crippen LogP contribution in [0.25, 0.3) is 0 Å². The van der Waals surface area contributed by atoms with Gasteiger partial charge >= 0.3 is 6.03 Å². The number of rotatable bonds is 4. The quantitative estimate of drug-likeness (QED) is 0.918. The van der Waals surface area contributed by atoms with E-state index < -0.39 is 0 Å². The molecular weight excluding hydrogens is 250 g/mol. The Morgan fingerprint density at radius 2 is 2.05 bits per heavy atom. The molecule has 1 fully saturated rings. The average Bonchev–Trinajstić information content (AvgIpc) is 2.48. The van der Waals surface area contributed by atoms with Gasteiger partial charge in [0.1, 0.15) is 0 Å². The number of amides is 2. The van der Waals surface area contributed by atoms with Gasteiger partial charge in [0.05, 0.1) is 0 Å². The third-order valence-corrected chi connectivity index (χ3v) is 3.76. The number of carbonyl (C=O) groups is 1. The van der Waals surface area contributed by atoms with Crippen LogP contribution in [0.4, 0.5) is 10.5 Å². The highest BCUT2D eigenvalue weighted by Gasteiger charge is 2.23. The SMILES string of the molecule is Cc1cccc(N(CCCN)C(=O)N2CCCCC2)c1. The zero-order valence-electron chi connectivity index (χ0n) is 12.3. The number of nitrogens with two attached hydrogens (primary N) is 1. The zero-order chi connectivity index (χ0) is 14.4. The van der Waals surface area contributed by atoms with E-state index in [0.29, 0.717) is 13.1 Å². The van der Waals surface area contributed by atoms with Crippen molar-refractivity contribution in [3.8, 4) is 0 Å². The molecular formula is C16H25N3O. The van der Waals surface area contributed by atoms with Crippen molar-refractivity contribution in [2.24, 2.45) is 5.73 Å². The third kappa shape index (κ3) is 3.73. The highest BCUT2D eigenvalue weighted by molar-refractivity contribution is 5.92. The predicted molar refractivity (Wildman–Crippen MR) is 83.0 cm³/mol. The number of benzene rings is 1. The molecule has 1 heterocycles. The minimum absolute atomic E-state index is 0.128. The molecule has 1 saturated heterocycles. The zero-order valence-corrected chi connectivity index (χ0v) is 12.3. The number of carbonyl (C=O) groups excluding carboxylic acids is 1. The number of aryl methyl sites for hydroxylation is 1. The predicted octanol–water partition coefficient (Wildman–Crippen LogP) is 2.76. The maximum atomic E-state index is 12.7. The lowest BCUT2D eigenvalue weighted by molar-refractivity contribution is 0.193. The molecule has 4 heteroatoms. The van der Waals surface area contributed by atoms with Crippen LogP contribution in [0.2, 0.25) is 0 Å². The number of likely N-dealkylation sites (tertiary alicyclic amines) is 1. The summed E-state index contributed by atoms with van der Waals surface area (Å²) in [5, 5.41) is 0. The largest absolute Gasteiger partial charge is 0.330 e. The number of nitrogens with zero attached hydrogens (tertiary/aromatic N) is 2. The lowest BCUT2D eigenvalue weighted by Gasteiger charge is -2.33. The van der Waals surface area contributed by atoms with E-state index in [1.165, 1.54) is 12.0 Å². The molecule has 0 aliphatic carbocycles. The van der Waals surface area contributed by atoms with E-state index in [2.05, 4.69) is 19.1 Å². The molecule has 0 unspecified atom stereocenters. The van der Waals surface area contributed by atoms with Gasteiger partial charge in [0.25, 0.3) is 0 Å². The van der Waals surface area contributed by atoms with Crippen LogP contribution in [0.3, 0.4) is 0 Å². The third-order valence-electron chi connectivity index (χ3n) is 3.76. The standard InChI is InChI=1S/C16H25N3O/c1-14-7-5-8-15(13-14)19(12-6-9-17)16(20)18-10-3-2-4-11-18/h5,7-8,13H,2-4,6,9-12,17H2,1H3. The van der Waals surface area contributed by atoms with Crippen LogP contribution >= 0.6 is 0 Å². The first-order valence-electron chi connectivity index (χ1n) is 7.55. The molecule has 0 bridgehead atoms. The normalized spacial score (nSPS) is 15.2. The van der Waals surface area contributed by atoms with Crippen molar-refractivity contribution in [3.05, 3.63) is 29.8 Å². The van der Waals surface area contributed by atoms with Gasteiger partial charge in [-0.2, -0.15) is 0 Å². The molecule has 4 nitrogen and oxygen atoms in total. The van der Waals surface area contributed by atoms with Gasteiger partial charge in [0.15, 0.2) is 0 Å². The second-order valence-corrected chi connectivity index (χ2v) is 5.46. The summed E-state index contributed by atoms with van der Waals surface area (Å²) >= 11 is 0. The Morgan fingerprint density at radius 3 is 2.70 bits per heavy atom. The highest BCUT2D eigenvalue weighted by Crippen LogP contribution is 2.20. The highest BCUT2D eigenvalue weighted by atomic mass is 16.2. The number of piperidine rings is 1. The second-order valence-electron chi connectivity index (χ2n) is 5.46. The van der Waals surface area contributed by atoms with E-state index in [4.69, 9.17) is 5.73 Å². The minimum atomic E-state index is 0.128. The van der Waals surface area contributed by atoms with Crippen molar-refractivity contribution >= 4 is 11.7 Å². The Balaban J connectivity index is 2.15. The van der Waals surface area contributed by atoms with Crippen LogP contribution in [0.5, 0.6) is 0 Å².